The number of rotatable bonds is 4. The second-order valence-electron chi connectivity index (χ2n) is 6.27. The largest absolute Gasteiger partial charge is 0.371 e. The summed E-state index contributed by atoms with van der Waals surface area (Å²) in [6.45, 7) is 5.31. The average Bonchev–Trinajstić information content (AvgIpc) is 3.04. The van der Waals surface area contributed by atoms with Crippen molar-refractivity contribution in [1.82, 2.24) is 14.7 Å². The Morgan fingerprint density at radius 3 is 2.91 bits per heavy atom. The van der Waals surface area contributed by atoms with Crippen LogP contribution in [0.4, 0.5) is 0 Å². The van der Waals surface area contributed by atoms with Crippen LogP contribution < -0.4 is 0 Å². The summed E-state index contributed by atoms with van der Waals surface area (Å²) in [7, 11) is 1.80. The predicted octanol–water partition coefficient (Wildman–Crippen LogP) is 2.85. The Hall–Kier alpha value is -2.14. The van der Waals surface area contributed by atoms with Crippen molar-refractivity contribution in [2.24, 2.45) is 0 Å². The van der Waals surface area contributed by atoms with Crippen molar-refractivity contribution in [3.05, 3.63) is 53.3 Å². The maximum atomic E-state index is 12.6. The number of fused-ring (bicyclic) bond motifs is 1. The molecule has 0 N–H and O–H groups in total. The number of hydrogen-bond acceptors (Lipinski definition) is 3. The molecule has 0 fully saturated rings. The first-order chi connectivity index (χ1) is 11.1. The van der Waals surface area contributed by atoms with Gasteiger partial charge < -0.3 is 9.64 Å². The smallest absolute Gasteiger partial charge is 0.274 e. The summed E-state index contributed by atoms with van der Waals surface area (Å²) >= 11 is 0. The van der Waals surface area contributed by atoms with Crippen LogP contribution in [0.3, 0.4) is 0 Å². The molecule has 0 bridgehead atoms. The molecule has 0 saturated carbocycles. The van der Waals surface area contributed by atoms with E-state index in [0.717, 1.165) is 6.42 Å². The number of likely N-dealkylation sites (N-methyl/N-ethyl adjacent to an activating group) is 1. The zero-order chi connectivity index (χ0) is 16.4. The lowest BCUT2D eigenvalue weighted by Crippen LogP contribution is -2.34. The van der Waals surface area contributed by atoms with Gasteiger partial charge in [0.1, 0.15) is 11.8 Å². The average molecular weight is 313 g/mol. The molecule has 5 nitrogen and oxygen atoms in total. The Bertz CT molecular complexity index is 693. The summed E-state index contributed by atoms with van der Waals surface area (Å²) in [6, 6.07) is 10.3. The van der Waals surface area contributed by atoms with E-state index in [0.29, 0.717) is 18.8 Å². The summed E-state index contributed by atoms with van der Waals surface area (Å²) in [5.41, 5.74) is 2.98. The fourth-order valence-electron chi connectivity index (χ4n) is 2.89. The molecule has 1 aliphatic rings. The van der Waals surface area contributed by atoms with E-state index < -0.39 is 0 Å². The van der Waals surface area contributed by atoms with Gasteiger partial charge in [-0.2, -0.15) is 5.10 Å². The summed E-state index contributed by atoms with van der Waals surface area (Å²) in [6.07, 6.45) is 2.71. The first-order valence-corrected chi connectivity index (χ1v) is 8.06. The molecule has 2 aromatic rings. The number of carbonyl (C=O) groups excluding carboxylic acids is 1. The van der Waals surface area contributed by atoms with Crippen LogP contribution >= 0.6 is 0 Å². The van der Waals surface area contributed by atoms with E-state index >= 15 is 0 Å². The number of ether oxygens (including phenoxy) is 1. The summed E-state index contributed by atoms with van der Waals surface area (Å²) < 4.78 is 7.68. The van der Waals surface area contributed by atoms with Crippen LogP contribution in [0.15, 0.2) is 36.5 Å². The van der Waals surface area contributed by atoms with Gasteiger partial charge in [0.05, 0.1) is 13.2 Å². The summed E-state index contributed by atoms with van der Waals surface area (Å²) in [4.78, 5) is 14.3. The molecule has 0 unspecified atom stereocenters. The van der Waals surface area contributed by atoms with Crippen molar-refractivity contribution in [3.8, 4) is 0 Å². The third-order valence-electron chi connectivity index (χ3n) is 4.24. The molecule has 23 heavy (non-hydrogen) atoms. The van der Waals surface area contributed by atoms with Gasteiger partial charge in [0.25, 0.3) is 5.91 Å². The van der Waals surface area contributed by atoms with Crippen LogP contribution in [0.25, 0.3) is 0 Å². The SMILES string of the molecule is CC(C)n1ccc(C(=O)N(C)C[C@@H]2OCCc3ccccc32)n1. The van der Waals surface area contributed by atoms with Gasteiger partial charge in [0.2, 0.25) is 0 Å². The number of benzene rings is 1. The third-order valence-corrected chi connectivity index (χ3v) is 4.24. The van der Waals surface area contributed by atoms with Gasteiger partial charge in [-0.15, -0.1) is 0 Å². The lowest BCUT2D eigenvalue weighted by Gasteiger charge is -2.29. The van der Waals surface area contributed by atoms with Crippen LogP contribution in [-0.2, 0) is 11.2 Å². The number of amides is 1. The highest BCUT2D eigenvalue weighted by Crippen LogP contribution is 2.27. The van der Waals surface area contributed by atoms with E-state index in [2.05, 4.69) is 23.3 Å². The molecule has 1 atom stereocenters. The van der Waals surface area contributed by atoms with Crippen LogP contribution in [0.2, 0.25) is 0 Å². The van der Waals surface area contributed by atoms with E-state index in [1.807, 2.05) is 26.1 Å². The van der Waals surface area contributed by atoms with Gasteiger partial charge in [0.15, 0.2) is 0 Å². The molecule has 0 saturated heterocycles. The number of hydrogen-bond donors (Lipinski definition) is 0. The van der Waals surface area contributed by atoms with Gasteiger partial charge in [-0.1, -0.05) is 24.3 Å². The highest BCUT2D eigenvalue weighted by atomic mass is 16.5. The highest BCUT2D eigenvalue weighted by molar-refractivity contribution is 5.92. The molecule has 2 heterocycles. The fourth-order valence-corrected chi connectivity index (χ4v) is 2.89. The normalized spacial score (nSPS) is 17.1. The Kier molecular flexibility index (Phi) is 4.48. The van der Waals surface area contributed by atoms with Gasteiger partial charge in [-0.05, 0) is 37.5 Å². The molecule has 1 amide bonds. The Labute approximate surface area is 136 Å². The Balaban J connectivity index is 1.71. The van der Waals surface area contributed by atoms with E-state index in [-0.39, 0.29) is 18.1 Å². The lowest BCUT2D eigenvalue weighted by atomic mass is 9.97. The second-order valence-corrected chi connectivity index (χ2v) is 6.27. The molecule has 1 aliphatic heterocycles. The third kappa shape index (κ3) is 3.29. The molecule has 0 radical (unpaired) electrons. The van der Waals surface area contributed by atoms with Crippen LogP contribution in [0.1, 0.15) is 47.6 Å². The number of nitrogens with zero attached hydrogens (tertiary/aromatic N) is 3. The van der Waals surface area contributed by atoms with E-state index in [1.165, 1.54) is 11.1 Å². The van der Waals surface area contributed by atoms with Crippen molar-refractivity contribution >= 4 is 5.91 Å². The van der Waals surface area contributed by atoms with Crippen LogP contribution in [-0.4, -0.2) is 40.8 Å². The van der Waals surface area contributed by atoms with E-state index in [9.17, 15) is 4.79 Å². The molecule has 0 aliphatic carbocycles. The monoisotopic (exact) mass is 313 g/mol. The molecular weight excluding hydrogens is 290 g/mol. The Morgan fingerprint density at radius 1 is 1.39 bits per heavy atom. The van der Waals surface area contributed by atoms with E-state index in [1.54, 1.807) is 22.7 Å². The zero-order valence-corrected chi connectivity index (χ0v) is 13.9. The minimum atomic E-state index is -0.0731. The minimum absolute atomic E-state index is 0.0684. The van der Waals surface area contributed by atoms with Gasteiger partial charge in [-0.25, -0.2) is 0 Å². The quantitative estimate of drug-likeness (QED) is 0.872. The van der Waals surface area contributed by atoms with Crippen molar-refractivity contribution in [2.75, 3.05) is 20.2 Å². The lowest BCUT2D eigenvalue weighted by molar-refractivity contribution is 0.0198. The highest BCUT2D eigenvalue weighted by Gasteiger charge is 2.24. The van der Waals surface area contributed by atoms with Crippen molar-refractivity contribution < 1.29 is 9.53 Å². The van der Waals surface area contributed by atoms with Crippen LogP contribution in [0.5, 0.6) is 0 Å². The number of aromatic nitrogens is 2. The first kappa shape index (κ1) is 15.7. The predicted molar refractivity (Wildman–Crippen MR) is 88.4 cm³/mol. The zero-order valence-electron chi connectivity index (χ0n) is 13.9. The Morgan fingerprint density at radius 2 is 2.17 bits per heavy atom. The van der Waals surface area contributed by atoms with Gasteiger partial charge >= 0.3 is 0 Å². The molecule has 3 rings (SSSR count). The summed E-state index contributed by atoms with van der Waals surface area (Å²) in [5, 5.41) is 4.35. The maximum Gasteiger partial charge on any atom is 0.274 e. The molecule has 1 aromatic heterocycles. The molecule has 5 heteroatoms. The van der Waals surface area contributed by atoms with Crippen LogP contribution in [0, 0.1) is 0 Å². The van der Waals surface area contributed by atoms with Gasteiger partial charge in [-0.3, -0.25) is 9.48 Å². The topological polar surface area (TPSA) is 47.4 Å². The number of carbonyl (C=O) groups is 1. The fraction of sp³-hybridized carbons (Fsp3) is 0.444. The van der Waals surface area contributed by atoms with E-state index in [4.69, 9.17) is 4.74 Å². The molecular formula is C18H23N3O2. The second kappa shape index (κ2) is 6.54. The van der Waals surface area contributed by atoms with Crippen molar-refractivity contribution in [3.63, 3.8) is 0 Å². The summed E-state index contributed by atoms with van der Waals surface area (Å²) in [5.74, 6) is -0.0731. The molecule has 0 spiro atoms. The maximum absolute atomic E-state index is 12.6. The van der Waals surface area contributed by atoms with Crippen molar-refractivity contribution in [1.29, 1.82) is 0 Å². The minimum Gasteiger partial charge on any atom is -0.371 e. The standard InChI is InChI=1S/C18H23N3O2/c1-13(2)21-10-8-16(19-21)18(22)20(3)12-17-15-7-5-4-6-14(15)9-11-23-17/h4-8,10,13,17H,9,11-12H2,1-3H3/t17-/m0/s1. The molecule has 122 valence electrons. The molecule has 1 aromatic carbocycles. The van der Waals surface area contributed by atoms with Crippen molar-refractivity contribution in [2.45, 2.75) is 32.4 Å². The first-order valence-electron chi connectivity index (χ1n) is 8.06. The van der Waals surface area contributed by atoms with Gasteiger partial charge in [0, 0.05) is 19.3 Å².